The van der Waals surface area contributed by atoms with Crippen LogP contribution in [-0.4, -0.2) is 6.21 Å². The van der Waals surface area contributed by atoms with E-state index in [-0.39, 0.29) is 5.41 Å². The minimum Gasteiger partial charge on any atom is -0.362 e. The number of nitrogens with zero attached hydrogens (tertiary/aromatic N) is 1. The molecule has 0 atom stereocenters. The van der Waals surface area contributed by atoms with Crippen LogP contribution in [0, 0.1) is 5.41 Å². The molecule has 0 saturated carbocycles. The second kappa shape index (κ2) is 8.48. The Morgan fingerprint density at radius 1 is 0.923 bits per heavy atom. The lowest BCUT2D eigenvalue weighted by Gasteiger charge is -2.30. The number of allylic oxidation sites excluding steroid dienone is 5. The molecule has 2 heteroatoms. The minimum absolute atomic E-state index is 0.258. The summed E-state index contributed by atoms with van der Waals surface area (Å²) in [6.45, 7) is 4.64. The van der Waals surface area contributed by atoms with Crippen molar-refractivity contribution in [1.29, 1.82) is 0 Å². The number of rotatable bonds is 5. The van der Waals surface area contributed by atoms with Crippen molar-refractivity contribution in [2.45, 2.75) is 26.7 Å². The molecule has 2 aromatic rings. The molecule has 0 fully saturated rings. The Morgan fingerprint density at radius 2 is 1.62 bits per heavy atom. The van der Waals surface area contributed by atoms with Gasteiger partial charge in [0.1, 0.15) is 0 Å². The highest BCUT2D eigenvalue weighted by Gasteiger charge is 2.24. The fourth-order valence-corrected chi connectivity index (χ4v) is 3.23. The smallest absolute Gasteiger partial charge is 0.0629 e. The molecule has 0 amide bonds. The third kappa shape index (κ3) is 5.59. The summed E-state index contributed by atoms with van der Waals surface area (Å²) in [5.74, 6) is 0. The predicted molar refractivity (Wildman–Crippen MR) is 113 cm³/mol. The van der Waals surface area contributed by atoms with Crippen LogP contribution in [0.1, 0.15) is 26.7 Å². The van der Waals surface area contributed by atoms with Crippen molar-refractivity contribution in [3.8, 4) is 0 Å². The largest absolute Gasteiger partial charge is 0.362 e. The number of hydrogen-bond donors (Lipinski definition) is 1. The van der Waals surface area contributed by atoms with Crippen LogP contribution in [0.25, 0.3) is 0 Å². The van der Waals surface area contributed by atoms with Gasteiger partial charge in [-0.3, -0.25) is 4.99 Å². The Morgan fingerprint density at radius 3 is 2.35 bits per heavy atom. The summed E-state index contributed by atoms with van der Waals surface area (Å²) >= 11 is 0. The van der Waals surface area contributed by atoms with Crippen LogP contribution < -0.4 is 5.32 Å². The summed E-state index contributed by atoms with van der Waals surface area (Å²) in [5.41, 5.74) is 5.00. The lowest BCUT2D eigenvalue weighted by atomic mass is 9.75. The van der Waals surface area contributed by atoms with Gasteiger partial charge in [0, 0.05) is 18.1 Å². The van der Waals surface area contributed by atoms with Crippen LogP contribution in [0.5, 0.6) is 0 Å². The molecule has 0 radical (unpaired) electrons. The van der Waals surface area contributed by atoms with E-state index in [1.54, 1.807) is 0 Å². The number of nitrogens with one attached hydrogen (secondary N) is 1. The van der Waals surface area contributed by atoms with Crippen LogP contribution in [0.4, 0.5) is 11.4 Å². The van der Waals surface area contributed by atoms with Crippen LogP contribution >= 0.6 is 0 Å². The normalized spacial score (nSPS) is 18.4. The second-order valence-electron chi connectivity index (χ2n) is 7.44. The van der Waals surface area contributed by atoms with E-state index in [1.807, 2.05) is 60.9 Å². The van der Waals surface area contributed by atoms with Crippen molar-refractivity contribution in [3.05, 3.63) is 96.2 Å². The quantitative estimate of drug-likeness (QED) is 0.602. The first-order valence-corrected chi connectivity index (χ1v) is 9.08. The van der Waals surface area contributed by atoms with Crippen LogP contribution in [-0.2, 0) is 0 Å². The summed E-state index contributed by atoms with van der Waals surface area (Å²) in [4.78, 5) is 4.51. The maximum atomic E-state index is 4.51. The highest BCUT2D eigenvalue weighted by Crippen LogP contribution is 2.38. The Balaban J connectivity index is 1.70. The van der Waals surface area contributed by atoms with Gasteiger partial charge in [-0.2, -0.15) is 0 Å². The topological polar surface area (TPSA) is 24.4 Å². The number of anilines is 1. The molecule has 1 N–H and O–H groups in total. The number of hydrogen-bond acceptors (Lipinski definition) is 2. The van der Waals surface area contributed by atoms with Gasteiger partial charge < -0.3 is 5.32 Å². The molecule has 0 unspecified atom stereocenters. The number of benzene rings is 2. The van der Waals surface area contributed by atoms with E-state index in [9.17, 15) is 0 Å². The summed E-state index contributed by atoms with van der Waals surface area (Å²) < 4.78 is 0. The molecule has 0 aliphatic heterocycles. The number of aliphatic imine (C=N–C) groups is 1. The molecular formula is C24H26N2. The van der Waals surface area contributed by atoms with Gasteiger partial charge in [-0.05, 0) is 65.8 Å². The summed E-state index contributed by atoms with van der Waals surface area (Å²) in [6, 6.07) is 20.3. The summed E-state index contributed by atoms with van der Waals surface area (Å²) in [6.07, 6.45) is 12.7. The molecule has 0 bridgehead atoms. The first-order chi connectivity index (χ1) is 12.6. The van der Waals surface area contributed by atoms with Crippen LogP contribution in [0.15, 0.2) is 101 Å². The van der Waals surface area contributed by atoms with Gasteiger partial charge in [-0.1, -0.05) is 56.3 Å². The standard InChI is InChI=1S/C24H26N2/c1-24(2)18-20(13-15-25-22-9-5-3-6-10-22)17-21(19-24)14-16-26-23-11-7-4-8-12-23/h3-17,25H,18-19H2,1-2H3. The van der Waals surface area contributed by atoms with Gasteiger partial charge in [0.05, 0.1) is 5.69 Å². The molecule has 0 aromatic heterocycles. The molecule has 2 nitrogen and oxygen atoms in total. The average molecular weight is 342 g/mol. The Hall–Kier alpha value is -2.87. The summed E-state index contributed by atoms with van der Waals surface area (Å²) in [7, 11) is 0. The third-order valence-corrected chi connectivity index (χ3v) is 4.33. The lowest BCUT2D eigenvalue weighted by Crippen LogP contribution is -2.16. The van der Waals surface area contributed by atoms with E-state index in [0.29, 0.717) is 0 Å². The van der Waals surface area contributed by atoms with E-state index < -0.39 is 0 Å². The average Bonchev–Trinajstić information content (AvgIpc) is 2.62. The molecule has 1 aliphatic rings. The van der Waals surface area contributed by atoms with E-state index >= 15 is 0 Å². The predicted octanol–water partition coefficient (Wildman–Crippen LogP) is 6.69. The first-order valence-electron chi connectivity index (χ1n) is 9.08. The molecule has 26 heavy (non-hydrogen) atoms. The maximum absolute atomic E-state index is 4.51. The van der Waals surface area contributed by atoms with E-state index in [0.717, 1.165) is 24.2 Å². The van der Waals surface area contributed by atoms with Crippen molar-refractivity contribution in [3.63, 3.8) is 0 Å². The van der Waals surface area contributed by atoms with Crippen molar-refractivity contribution >= 4 is 17.6 Å². The zero-order valence-electron chi connectivity index (χ0n) is 15.5. The second-order valence-corrected chi connectivity index (χ2v) is 7.44. The fraction of sp³-hybridized carbons (Fsp3) is 0.208. The molecule has 0 saturated heterocycles. The van der Waals surface area contributed by atoms with E-state index in [4.69, 9.17) is 0 Å². The molecule has 132 valence electrons. The Kier molecular flexibility index (Phi) is 5.85. The minimum atomic E-state index is 0.258. The zero-order chi connectivity index (χ0) is 18.2. The molecular weight excluding hydrogens is 316 g/mol. The van der Waals surface area contributed by atoms with Gasteiger partial charge in [0.2, 0.25) is 0 Å². The van der Waals surface area contributed by atoms with Crippen molar-refractivity contribution in [1.82, 2.24) is 0 Å². The third-order valence-electron chi connectivity index (χ3n) is 4.33. The Labute approximate surface area is 156 Å². The van der Waals surface area contributed by atoms with Gasteiger partial charge >= 0.3 is 0 Å². The molecule has 1 aliphatic carbocycles. The van der Waals surface area contributed by atoms with Crippen molar-refractivity contribution in [2.24, 2.45) is 10.4 Å². The lowest BCUT2D eigenvalue weighted by molar-refractivity contribution is 0.355. The van der Waals surface area contributed by atoms with Crippen LogP contribution in [0.2, 0.25) is 0 Å². The van der Waals surface area contributed by atoms with Gasteiger partial charge in [0.25, 0.3) is 0 Å². The van der Waals surface area contributed by atoms with Crippen molar-refractivity contribution in [2.75, 3.05) is 5.32 Å². The Bertz CT molecular complexity index is 825. The molecule has 2 aromatic carbocycles. The maximum Gasteiger partial charge on any atom is 0.0629 e. The molecule has 3 rings (SSSR count). The van der Waals surface area contributed by atoms with E-state index in [2.05, 4.69) is 54.5 Å². The summed E-state index contributed by atoms with van der Waals surface area (Å²) in [5, 5.41) is 3.33. The van der Waals surface area contributed by atoms with Gasteiger partial charge in [-0.25, -0.2) is 0 Å². The van der Waals surface area contributed by atoms with Gasteiger partial charge in [0.15, 0.2) is 0 Å². The van der Waals surface area contributed by atoms with Gasteiger partial charge in [-0.15, -0.1) is 0 Å². The highest BCUT2D eigenvalue weighted by molar-refractivity contribution is 5.76. The van der Waals surface area contributed by atoms with E-state index in [1.165, 1.54) is 11.1 Å². The first kappa shape index (κ1) is 17.9. The fourth-order valence-electron chi connectivity index (χ4n) is 3.23. The SMILES string of the molecule is CC1(C)CC(=CC=Nc2ccccc2)C=C(C=CNc2ccccc2)C1. The molecule has 0 spiro atoms. The van der Waals surface area contributed by atoms with Crippen LogP contribution in [0.3, 0.4) is 0 Å². The zero-order valence-corrected chi connectivity index (χ0v) is 15.5. The number of para-hydroxylation sites is 2. The van der Waals surface area contributed by atoms with Crippen molar-refractivity contribution < 1.29 is 0 Å². The highest BCUT2D eigenvalue weighted by atomic mass is 14.8. The molecule has 0 heterocycles. The monoisotopic (exact) mass is 342 g/mol.